The van der Waals surface area contributed by atoms with Gasteiger partial charge in [0.1, 0.15) is 0 Å². The number of methoxy groups -OCH3 is 3. The highest BCUT2D eigenvalue weighted by Gasteiger charge is 2.25. The summed E-state index contributed by atoms with van der Waals surface area (Å²) in [4.78, 5) is 25.4. The number of piperidine rings is 1. The van der Waals surface area contributed by atoms with Gasteiger partial charge in [0.25, 0.3) is 11.8 Å². The molecule has 0 unspecified atom stereocenters. The summed E-state index contributed by atoms with van der Waals surface area (Å²) in [6.07, 6.45) is 4.35. The van der Waals surface area contributed by atoms with Crippen LogP contribution in [0.5, 0.6) is 17.2 Å². The minimum Gasteiger partial charge on any atom is -0.493 e. The van der Waals surface area contributed by atoms with Crippen molar-refractivity contribution in [2.24, 2.45) is 0 Å². The third-order valence-electron chi connectivity index (χ3n) is 3.78. The van der Waals surface area contributed by atoms with Crippen LogP contribution in [0.4, 0.5) is 0 Å². The van der Waals surface area contributed by atoms with Gasteiger partial charge in [-0.2, -0.15) is 0 Å². The predicted molar refractivity (Wildman–Crippen MR) is 90.2 cm³/mol. The molecule has 1 aliphatic rings. The lowest BCUT2D eigenvalue weighted by Gasteiger charge is -2.24. The topological polar surface area (TPSA) is 65.1 Å². The number of likely N-dealkylation sites (tertiary alicyclic amines) is 1. The second-order valence-electron chi connectivity index (χ2n) is 5.29. The number of benzene rings is 1. The van der Waals surface area contributed by atoms with Gasteiger partial charge in [0.05, 0.1) is 21.3 Å². The number of imide groups is 1. The lowest BCUT2D eigenvalue weighted by Crippen LogP contribution is -2.40. The maximum atomic E-state index is 12.2. The largest absolute Gasteiger partial charge is 0.493 e. The van der Waals surface area contributed by atoms with Gasteiger partial charge < -0.3 is 14.2 Å². The van der Waals surface area contributed by atoms with E-state index in [-0.39, 0.29) is 11.8 Å². The van der Waals surface area contributed by atoms with E-state index in [1.165, 1.54) is 32.3 Å². The van der Waals surface area contributed by atoms with Crippen LogP contribution < -0.4 is 14.2 Å². The Morgan fingerprint density at radius 2 is 1.79 bits per heavy atom. The van der Waals surface area contributed by atoms with E-state index in [4.69, 9.17) is 14.2 Å². The molecule has 0 bridgehead atoms. The van der Waals surface area contributed by atoms with Gasteiger partial charge in [-0.25, -0.2) is 0 Å². The molecule has 0 spiro atoms. The molecular formula is C18H21NO5. The van der Waals surface area contributed by atoms with Gasteiger partial charge in [0.2, 0.25) is 5.75 Å². The molecule has 0 aliphatic carbocycles. The Balaban J connectivity index is 2.23. The van der Waals surface area contributed by atoms with Crippen LogP contribution in [0.1, 0.15) is 18.4 Å². The Morgan fingerprint density at radius 1 is 1.17 bits per heavy atom. The zero-order chi connectivity index (χ0) is 17.7. The standard InChI is InChI=1S/C18H21NO5/c1-12-6-5-9-19(18(12)21)16(20)8-7-13-10-14(22-2)17(24-4)15(11-13)23-3/h7-8,10-11H,1,5-6,9H2,2-4H3/b8-7+. The third-order valence-corrected chi connectivity index (χ3v) is 3.78. The summed E-state index contributed by atoms with van der Waals surface area (Å²) in [7, 11) is 4.57. The van der Waals surface area contributed by atoms with Crippen LogP contribution in [0.3, 0.4) is 0 Å². The van der Waals surface area contributed by atoms with E-state index in [1.807, 2.05) is 0 Å². The minimum atomic E-state index is -0.366. The van der Waals surface area contributed by atoms with Gasteiger partial charge >= 0.3 is 0 Å². The molecular weight excluding hydrogens is 310 g/mol. The summed E-state index contributed by atoms with van der Waals surface area (Å²) in [6.45, 7) is 4.11. The second-order valence-corrected chi connectivity index (χ2v) is 5.29. The summed E-state index contributed by atoms with van der Waals surface area (Å²) >= 11 is 0. The fourth-order valence-electron chi connectivity index (χ4n) is 2.52. The van der Waals surface area contributed by atoms with E-state index < -0.39 is 0 Å². The van der Waals surface area contributed by atoms with E-state index >= 15 is 0 Å². The third kappa shape index (κ3) is 3.59. The van der Waals surface area contributed by atoms with Crippen molar-refractivity contribution >= 4 is 17.9 Å². The molecule has 24 heavy (non-hydrogen) atoms. The smallest absolute Gasteiger partial charge is 0.256 e. The van der Waals surface area contributed by atoms with Crippen molar-refractivity contribution in [2.75, 3.05) is 27.9 Å². The number of rotatable bonds is 5. The summed E-state index contributed by atoms with van der Waals surface area (Å²) in [5, 5.41) is 0. The first-order valence-corrected chi connectivity index (χ1v) is 7.53. The van der Waals surface area contributed by atoms with Crippen LogP contribution in [-0.4, -0.2) is 44.6 Å². The van der Waals surface area contributed by atoms with Crippen LogP contribution in [0.2, 0.25) is 0 Å². The van der Waals surface area contributed by atoms with Gasteiger partial charge in [-0.05, 0) is 36.6 Å². The first-order valence-electron chi connectivity index (χ1n) is 7.53. The molecule has 6 heteroatoms. The average molecular weight is 331 g/mol. The number of amides is 2. The molecule has 1 heterocycles. The quantitative estimate of drug-likeness (QED) is 0.775. The van der Waals surface area contributed by atoms with Crippen LogP contribution in [0, 0.1) is 0 Å². The number of nitrogens with zero attached hydrogens (tertiary/aromatic N) is 1. The second kappa shape index (κ2) is 7.68. The number of carbonyl (C=O) groups is 2. The Bertz CT molecular complexity index is 668. The fourth-order valence-corrected chi connectivity index (χ4v) is 2.52. The van der Waals surface area contributed by atoms with Gasteiger partial charge in [-0.1, -0.05) is 6.58 Å². The SMILES string of the molecule is C=C1CCCN(C(=O)/C=C/c2cc(OC)c(OC)c(OC)c2)C1=O. The van der Waals surface area contributed by atoms with Gasteiger partial charge in [-0.15, -0.1) is 0 Å². The summed E-state index contributed by atoms with van der Waals surface area (Å²) < 4.78 is 15.8. The highest BCUT2D eigenvalue weighted by atomic mass is 16.5. The Morgan fingerprint density at radius 3 is 2.33 bits per heavy atom. The van der Waals surface area contributed by atoms with E-state index in [2.05, 4.69) is 6.58 Å². The predicted octanol–water partition coefficient (Wildman–Crippen LogP) is 2.43. The molecule has 2 rings (SSSR count). The van der Waals surface area contributed by atoms with E-state index in [0.29, 0.717) is 41.4 Å². The monoisotopic (exact) mass is 331 g/mol. The van der Waals surface area contributed by atoms with Crippen molar-refractivity contribution in [3.63, 3.8) is 0 Å². The molecule has 2 amide bonds. The van der Waals surface area contributed by atoms with Crippen LogP contribution >= 0.6 is 0 Å². The van der Waals surface area contributed by atoms with E-state index in [9.17, 15) is 9.59 Å². The molecule has 0 N–H and O–H groups in total. The highest BCUT2D eigenvalue weighted by molar-refractivity contribution is 6.09. The Hall–Kier alpha value is -2.76. The van der Waals surface area contributed by atoms with Crippen molar-refractivity contribution in [2.45, 2.75) is 12.8 Å². The van der Waals surface area contributed by atoms with Crippen molar-refractivity contribution in [3.05, 3.63) is 35.9 Å². The average Bonchev–Trinajstić information content (AvgIpc) is 2.60. The van der Waals surface area contributed by atoms with Crippen molar-refractivity contribution in [1.82, 2.24) is 4.90 Å². The lowest BCUT2D eigenvalue weighted by atomic mass is 10.1. The van der Waals surface area contributed by atoms with E-state index in [0.717, 1.165) is 6.42 Å². The van der Waals surface area contributed by atoms with E-state index in [1.54, 1.807) is 18.2 Å². The highest BCUT2D eigenvalue weighted by Crippen LogP contribution is 2.38. The lowest BCUT2D eigenvalue weighted by molar-refractivity contribution is -0.140. The molecule has 0 radical (unpaired) electrons. The first-order chi connectivity index (χ1) is 11.5. The van der Waals surface area contributed by atoms with Crippen LogP contribution in [-0.2, 0) is 9.59 Å². The van der Waals surface area contributed by atoms with Crippen LogP contribution in [0.25, 0.3) is 6.08 Å². The first kappa shape index (κ1) is 17.6. The van der Waals surface area contributed by atoms with Crippen molar-refractivity contribution in [3.8, 4) is 17.2 Å². The van der Waals surface area contributed by atoms with Crippen molar-refractivity contribution < 1.29 is 23.8 Å². The number of ether oxygens (including phenoxy) is 3. The summed E-state index contributed by atoms with van der Waals surface area (Å²) in [6, 6.07) is 3.45. The molecule has 0 saturated carbocycles. The molecule has 0 aromatic heterocycles. The summed E-state index contributed by atoms with van der Waals surface area (Å²) in [5.74, 6) is 0.791. The number of carbonyl (C=O) groups excluding carboxylic acids is 2. The Kier molecular flexibility index (Phi) is 5.63. The molecule has 0 atom stereocenters. The molecule has 128 valence electrons. The number of hydrogen-bond donors (Lipinski definition) is 0. The molecule has 1 saturated heterocycles. The summed E-state index contributed by atoms with van der Waals surface area (Å²) in [5.41, 5.74) is 1.16. The maximum absolute atomic E-state index is 12.2. The Labute approximate surface area is 141 Å². The zero-order valence-electron chi connectivity index (χ0n) is 14.1. The molecule has 1 aromatic rings. The number of hydrogen-bond acceptors (Lipinski definition) is 5. The van der Waals surface area contributed by atoms with Crippen molar-refractivity contribution in [1.29, 1.82) is 0 Å². The van der Waals surface area contributed by atoms with Gasteiger partial charge in [-0.3, -0.25) is 14.5 Å². The zero-order valence-corrected chi connectivity index (χ0v) is 14.1. The van der Waals surface area contributed by atoms with Gasteiger partial charge in [0.15, 0.2) is 11.5 Å². The maximum Gasteiger partial charge on any atom is 0.256 e. The molecule has 1 fully saturated rings. The normalized spacial score (nSPS) is 14.9. The fraction of sp³-hybridized carbons (Fsp3) is 0.333. The van der Waals surface area contributed by atoms with Gasteiger partial charge in [0, 0.05) is 18.2 Å². The molecule has 1 aromatic carbocycles. The molecule has 1 aliphatic heterocycles. The van der Waals surface area contributed by atoms with Crippen LogP contribution in [0.15, 0.2) is 30.4 Å². The minimum absolute atomic E-state index is 0.305. The molecule has 6 nitrogen and oxygen atoms in total.